The average molecular weight is 383 g/mol. The molecule has 1 amide bonds. The number of likely N-dealkylation sites (tertiary alicyclic amines) is 1. The molecular formula is C22H23ClN2O2. The van der Waals surface area contributed by atoms with Gasteiger partial charge in [0.05, 0.1) is 25.7 Å². The van der Waals surface area contributed by atoms with E-state index in [0.717, 1.165) is 29.1 Å². The number of fused-ring (bicyclic) bond motifs is 2. The van der Waals surface area contributed by atoms with Crippen LogP contribution in [0.3, 0.4) is 0 Å². The van der Waals surface area contributed by atoms with Gasteiger partial charge in [0.15, 0.2) is 0 Å². The lowest BCUT2D eigenvalue weighted by atomic mass is 9.88. The van der Waals surface area contributed by atoms with Crippen molar-refractivity contribution < 1.29 is 9.44 Å². The van der Waals surface area contributed by atoms with E-state index in [9.17, 15) is 10.0 Å². The molecule has 1 aromatic carbocycles. The van der Waals surface area contributed by atoms with Crippen LogP contribution in [0.15, 0.2) is 36.0 Å². The molecule has 0 spiro atoms. The number of hydroxylamine groups is 3. The quantitative estimate of drug-likeness (QED) is 0.494. The highest BCUT2D eigenvalue weighted by Crippen LogP contribution is 2.39. The van der Waals surface area contributed by atoms with Crippen molar-refractivity contribution in [2.24, 2.45) is 0 Å². The molecule has 1 aliphatic carbocycles. The largest absolute Gasteiger partial charge is 0.625 e. The van der Waals surface area contributed by atoms with Gasteiger partial charge in [-0.05, 0) is 65.8 Å². The molecule has 2 aromatic rings. The van der Waals surface area contributed by atoms with E-state index in [0.29, 0.717) is 25.9 Å². The summed E-state index contributed by atoms with van der Waals surface area (Å²) in [7, 11) is 0. The first-order valence-corrected chi connectivity index (χ1v) is 9.82. The third-order valence-corrected chi connectivity index (χ3v) is 6.22. The van der Waals surface area contributed by atoms with Crippen molar-refractivity contribution in [2.75, 3.05) is 13.1 Å². The fourth-order valence-corrected chi connectivity index (χ4v) is 4.51. The Morgan fingerprint density at radius 2 is 1.89 bits per heavy atom. The van der Waals surface area contributed by atoms with Crippen molar-refractivity contribution >= 4 is 23.1 Å². The Morgan fingerprint density at radius 3 is 2.59 bits per heavy atom. The maximum Gasteiger partial charge on any atom is 0.310 e. The summed E-state index contributed by atoms with van der Waals surface area (Å²) in [6.45, 7) is 4.13. The van der Waals surface area contributed by atoms with Gasteiger partial charge in [-0.25, -0.2) is 4.79 Å². The highest BCUT2D eigenvalue weighted by molar-refractivity contribution is 6.30. The van der Waals surface area contributed by atoms with Gasteiger partial charge >= 0.3 is 5.91 Å². The van der Waals surface area contributed by atoms with Gasteiger partial charge in [-0.2, -0.15) is 0 Å². The minimum atomic E-state index is -0.724. The number of hydrogen-bond acceptors (Lipinski definition) is 3. The van der Waals surface area contributed by atoms with Gasteiger partial charge < -0.3 is 5.21 Å². The van der Waals surface area contributed by atoms with Crippen LogP contribution >= 0.6 is 11.6 Å². The molecule has 0 radical (unpaired) electrons. The zero-order chi connectivity index (χ0) is 19.2. The predicted octanol–water partition coefficient (Wildman–Crippen LogP) is 4.60. The maximum atomic E-state index is 12.6. The molecule has 1 fully saturated rings. The van der Waals surface area contributed by atoms with E-state index < -0.39 is 4.65 Å². The summed E-state index contributed by atoms with van der Waals surface area (Å²) in [6, 6.07) is 8.11. The van der Waals surface area contributed by atoms with Crippen molar-refractivity contribution in [2.45, 2.75) is 39.5 Å². The minimum Gasteiger partial charge on any atom is -0.625 e. The lowest BCUT2D eigenvalue weighted by Gasteiger charge is -2.43. The number of benzene rings is 1. The first kappa shape index (κ1) is 18.4. The van der Waals surface area contributed by atoms with E-state index in [1.165, 1.54) is 34.8 Å². The third-order valence-electron chi connectivity index (χ3n) is 5.98. The topological polar surface area (TPSA) is 53.0 Å². The Bertz CT molecular complexity index is 955. The van der Waals surface area contributed by atoms with Crippen molar-refractivity contribution in [3.8, 4) is 0 Å². The summed E-state index contributed by atoms with van der Waals surface area (Å²) in [5.74, 6) is -0.304. The Hall–Kier alpha value is -2.01. The van der Waals surface area contributed by atoms with E-state index in [4.69, 9.17) is 16.6 Å². The predicted molar refractivity (Wildman–Crippen MR) is 107 cm³/mol. The molecule has 1 aromatic heterocycles. The number of quaternary nitrogens is 1. The standard InChI is InChI=1S/C22H23ClN2O2/c1-14-7-10-24-22-19(14)5-3-17-13-18(23)4-6-20(17)21(22)16-8-11-25(27,12-9-16)15(2)26/h4,6-7,10,13H,3,5,8-9,11-12H2,1-2H3. The third kappa shape index (κ3) is 3.22. The Balaban J connectivity index is 1.89. The summed E-state index contributed by atoms with van der Waals surface area (Å²) < 4.78 is -0.724. The number of nitrogens with zero attached hydrogens (tertiary/aromatic N) is 2. The van der Waals surface area contributed by atoms with E-state index >= 15 is 0 Å². The van der Waals surface area contributed by atoms with Gasteiger partial charge in [0.1, 0.15) is 0 Å². The van der Waals surface area contributed by atoms with Crippen LogP contribution in [0.25, 0.3) is 5.57 Å². The zero-order valence-corrected chi connectivity index (χ0v) is 16.5. The van der Waals surface area contributed by atoms with Crippen LogP contribution < -0.4 is 0 Å². The number of amides is 1. The number of piperidine rings is 1. The van der Waals surface area contributed by atoms with E-state index in [1.807, 2.05) is 18.3 Å². The smallest absolute Gasteiger partial charge is 0.310 e. The first-order chi connectivity index (χ1) is 12.9. The maximum absolute atomic E-state index is 12.6. The molecule has 27 heavy (non-hydrogen) atoms. The molecule has 2 aliphatic rings. The molecular weight excluding hydrogens is 360 g/mol. The second-order valence-electron chi connectivity index (χ2n) is 7.59. The second kappa shape index (κ2) is 6.86. The SMILES string of the molecule is CC(=O)[N+]1([O-])CCC(=C2c3ccc(Cl)cc3CCc3c(C)ccnc32)CC1. The van der Waals surface area contributed by atoms with Gasteiger partial charge in [-0.3, -0.25) is 9.63 Å². The van der Waals surface area contributed by atoms with Gasteiger partial charge in [-0.1, -0.05) is 17.7 Å². The minimum absolute atomic E-state index is 0.304. The van der Waals surface area contributed by atoms with Crippen LogP contribution in [0.5, 0.6) is 0 Å². The van der Waals surface area contributed by atoms with E-state index in [-0.39, 0.29) is 5.91 Å². The van der Waals surface area contributed by atoms with E-state index in [1.54, 1.807) is 0 Å². The number of rotatable bonds is 0. The molecule has 0 atom stereocenters. The summed E-state index contributed by atoms with van der Waals surface area (Å²) in [4.78, 5) is 16.5. The highest BCUT2D eigenvalue weighted by atomic mass is 35.5. The van der Waals surface area contributed by atoms with Crippen LogP contribution in [0, 0.1) is 12.1 Å². The van der Waals surface area contributed by atoms with Gasteiger partial charge in [-0.15, -0.1) is 0 Å². The molecule has 2 heterocycles. The van der Waals surface area contributed by atoms with Crippen LogP contribution in [0.2, 0.25) is 5.02 Å². The number of halogens is 1. The molecule has 0 unspecified atom stereocenters. The fraction of sp³-hybridized carbons (Fsp3) is 0.364. The Morgan fingerprint density at radius 1 is 1.15 bits per heavy atom. The number of pyridine rings is 1. The normalized spacial score (nSPS) is 22.1. The van der Waals surface area contributed by atoms with Gasteiger partial charge in [0, 0.05) is 29.6 Å². The van der Waals surface area contributed by atoms with E-state index in [2.05, 4.69) is 19.1 Å². The molecule has 0 N–H and O–H groups in total. The number of aryl methyl sites for hydroxylation is 2. The number of hydrogen-bond donors (Lipinski definition) is 0. The van der Waals surface area contributed by atoms with Crippen molar-refractivity contribution in [1.82, 2.24) is 4.98 Å². The second-order valence-corrected chi connectivity index (χ2v) is 8.03. The highest BCUT2D eigenvalue weighted by Gasteiger charge is 2.31. The molecule has 0 saturated carbocycles. The summed E-state index contributed by atoms with van der Waals surface area (Å²) in [6.07, 6.45) is 4.95. The molecule has 4 nitrogen and oxygen atoms in total. The molecule has 1 saturated heterocycles. The fourth-order valence-electron chi connectivity index (χ4n) is 4.31. The molecule has 5 heteroatoms. The van der Waals surface area contributed by atoms with Crippen LogP contribution in [-0.4, -0.2) is 28.6 Å². The van der Waals surface area contributed by atoms with Crippen molar-refractivity contribution in [3.63, 3.8) is 0 Å². The monoisotopic (exact) mass is 382 g/mol. The lowest BCUT2D eigenvalue weighted by Crippen LogP contribution is -2.50. The van der Waals surface area contributed by atoms with Crippen LogP contribution in [0.1, 0.15) is 47.7 Å². The van der Waals surface area contributed by atoms with Crippen LogP contribution in [0.4, 0.5) is 0 Å². The number of aromatic nitrogens is 1. The Kier molecular flexibility index (Phi) is 4.66. The van der Waals surface area contributed by atoms with Gasteiger partial charge in [0.2, 0.25) is 0 Å². The Labute approximate surface area is 164 Å². The summed E-state index contributed by atoms with van der Waals surface area (Å²) >= 11 is 6.27. The molecule has 4 rings (SSSR count). The number of carbonyl (C=O) groups is 1. The lowest BCUT2D eigenvalue weighted by molar-refractivity contribution is -0.806. The summed E-state index contributed by atoms with van der Waals surface area (Å²) in [5, 5.41) is 13.4. The molecule has 140 valence electrons. The first-order valence-electron chi connectivity index (χ1n) is 9.44. The van der Waals surface area contributed by atoms with Crippen molar-refractivity contribution in [1.29, 1.82) is 0 Å². The summed E-state index contributed by atoms with van der Waals surface area (Å²) in [5.41, 5.74) is 8.30. The van der Waals surface area contributed by atoms with Gasteiger partial charge in [0.25, 0.3) is 0 Å². The molecule has 1 aliphatic heterocycles. The van der Waals surface area contributed by atoms with Crippen molar-refractivity contribution in [3.05, 3.63) is 74.2 Å². The molecule has 0 bridgehead atoms. The zero-order valence-electron chi connectivity index (χ0n) is 15.7. The number of carbonyl (C=O) groups excluding carboxylic acids is 1. The van der Waals surface area contributed by atoms with Crippen LogP contribution in [-0.2, 0) is 17.6 Å². The average Bonchev–Trinajstić information content (AvgIpc) is 2.80.